The van der Waals surface area contributed by atoms with E-state index < -0.39 is 6.17 Å². The summed E-state index contributed by atoms with van der Waals surface area (Å²) in [6.45, 7) is 2.54. The molecule has 2 atom stereocenters. The smallest absolute Gasteiger partial charge is 0.166 e. The van der Waals surface area contributed by atoms with E-state index in [0.29, 0.717) is 48.6 Å². The molecule has 3 aromatic heterocycles. The third-order valence-electron chi connectivity index (χ3n) is 6.21. The van der Waals surface area contributed by atoms with Gasteiger partial charge in [0, 0.05) is 41.6 Å². The summed E-state index contributed by atoms with van der Waals surface area (Å²) in [5, 5.41) is 14.4. The summed E-state index contributed by atoms with van der Waals surface area (Å²) < 4.78 is 15.5. The average molecular weight is 462 g/mol. The summed E-state index contributed by atoms with van der Waals surface area (Å²) in [4.78, 5) is 21.6. The highest BCUT2D eigenvalue weighted by molar-refractivity contribution is 5.85. The van der Waals surface area contributed by atoms with Crippen molar-refractivity contribution in [1.29, 1.82) is 0 Å². The maximum Gasteiger partial charge on any atom is 0.166 e. The second-order valence-electron chi connectivity index (χ2n) is 8.65. The second kappa shape index (κ2) is 9.72. The number of aliphatic hydroxyl groups is 1. The number of para-hydroxylation sites is 1. The molecule has 1 unspecified atom stereocenters. The van der Waals surface area contributed by atoms with Gasteiger partial charge >= 0.3 is 0 Å². The quantitative estimate of drug-likeness (QED) is 0.377. The highest BCUT2D eigenvalue weighted by atomic mass is 19.1. The van der Waals surface area contributed by atoms with Gasteiger partial charge in [0.1, 0.15) is 11.7 Å². The predicted molar refractivity (Wildman–Crippen MR) is 133 cm³/mol. The third kappa shape index (κ3) is 4.43. The highest BCUT2D eigenvalue weighted by Gasteiger charge is 2.19. The lowest BCUT2D eigenvalue weighted by molar-refractivity contribution is 0.241. The SMILES string of the molecule is C[C@H](CO)n1cnc2c(NCCc3c[nH]c4ccccc34)nc(/C3=C/N=C\C(F)CCC3)nc21. The fourth-order valence-electron chi connectivity index (χ4n) is 4.27. The molecule has 5 rings (SSSR count). The monoisotopic (exact) mass is 461 g/mol. The summed E-state index contributed by atoms with van der Waals surface area (Å²) in [6.07, 6.45) is 8.26. The molecule has 1 aliphatic rings. The van der Waals surface area contributed by atoms with Gasteiger partial charge in [-0.05, 0) is 44.2 Å². The Hall–Kier alpha value is -3.59. The Bertz CT molecular complexity index is 1360. The molecule has 0 saturated carbocycles. The molecule has 0 saturated heterocycles. The molecular weight excluding hydrogens is 433 g/mol. The number of H-pyrrole nitrogens is 1. The molecule has 1 aliphatic heterocycles. The molecule has 0 fully saturated rings. The fourth-order valence-corrected chi connectivity index (χ4v) is 4.27. The Morgan fingerprint density at radius 3 is 3.06 bits per heavy atom. The average Bonchev–Trinajstić information content (AvgIpc) is 3.45. The van der Waals surface area contributed by atoms with Crippen molar-refractivity contribution in [1.82, 2.24) is 24.5 Å². The zero-order valence-corrected chi connectivity index (χ0v) is 19.1. The minimum absolute atomic E-state index is 0.0288. The van der Waals surface area contributed by atoms with Crippen molar-refractivity contribution in [3.8, 4) is 0 Å². The molecule has 0 amide bonds. The molecule has 34 heavy (non-hydrogen) atoms. The largest absolute Gasteiger partial charge is 0.394 e. The van der Waals surface area contributed by atoms with Gasteiger partial charge in [0.05, 0.1) is 19.0 Å². The minimum Gasteiger partial charge on any atom is -0.394 e. The van der Waals surface area contributed by atoms with Crippen molar-refractivity contribution < 1.29 is 9.50 Å². The first-order chi connectivity index (χ1) is 16.6. The van der Waals surface area contributed by atoms with E-state index in [9.17, 15) is 9.50 Å². The van der Waals surface area contributed by atoms with Crippen molar-refractivity contribution in [2.45, 2.75) is 44.8 Å². The molecule has 3 N–H and O–H groups in total. The summed E-state index contributed by atoms with van der Waals surface area (Å²) >= 11 is 0. The number of imidazole rings is 1. The van der Waals surface area contributed by atoms with Crippen LogP contribution in [-0.2, 0) is 6.42 Å². The van der Waals surface area contributed by atoms with E-state index in [0.717, 1.165) is 17.5 Å². The molecule has 0 aliphatic carbocycles. The van der Waals surface area contributed by atoms with E-state index in [-0.39, 0.29) is 12.6 Å². The van der Waals surface area contributed by atoms with E-state index in [2.05, 4.69) is 32.4 Å². The van der Waals surface area contributed by atoms with Crippen molar-refractivity contribution >= 4 is 39.7 Å². The van der Waals surface area contributed by atoms with Crippen molar-refractivity contribution in [2.24, 2.45) is 4.99 Å². The number of aliphatic imine (C=N–C) groups is 1. The number of nitrogens with zero attached hydrogens (tertiary/aromatic N) is 5. The van der Waals surface area contributed by atoms with Crippen molar-refractivity contribution in [3.05, 3.63) is 54.4 Å². The Morgan fingerprint density at radius 1 is 1.29 bits per heavy atom. The van der Waals surface area contributed by atoms with Crippen LogP contribution in [-0.4, -0.2) is 55.1 Å². The van der Waals surface area contributed by atoms with Gasteiger partial charge in [-0.2, -0.15) is 0 Å². The third-order valence-corrected chi connectivity index (χ3v) is 6.21. The van der Waals surface area contributed by atoms with Gasteiger partial charge in [-0.1, -0.05) is 18.2 Å². The van der Waals surface area contributed by atoms with E-state index in [1.807, 2.05) is 29.8 Å². The number of allylic oxidation sites excluding steroid dienone is 1. The van der Waals surface area contributed by atoms with Crippen LogP contribution in [0.1, 0.15) is 43.6 Å². The van der Waals surface area contributed by atoms with Gasteiger partial charge < -0.3 is 20.0 Å². The van der Waals surface area contributed by atoms with Gasteiger partial charge in [0.25, 0.3) is 0 Å². The molecule has 0 radical (unpaired) electrons. The Labute approximate surface area is 196 Å². The summed E-state index contributed by atoms with van der Waals surface area (Å²) in [5.74, 6) is 1.18. The summed E-state index contributed by atoms with van der Waals surface area (Å²) in [7, 11) is 0. The van der Waals surface area contributed by atoms with E-state index >= 15 is 0 Å². The first-order valence-corrected chi connectivity index (χ1v) is 11.6. The van der Waals surface area contributed by atoms with E-state index in [1.54, 1.807) is 12.5 Å². The van der Waals surface area contributed by atoms with Crippen LogP contribution in [0.3, 0.4) is 0 Å². The molecule has 4 aromatic rings. The van der Waals surface area contributed by atoms with Gasteiger partial charge in [0.15, 0.2) is 17.3 Å². The number of benzene rings is 1. The Kier molecular flexibility index (Phi) is 6.35. The first-order valence-electron chi connectivity index (χ1n) is 11.6. The number of alkyl halides is 1. The Morgan fingerprint density at radius 2 is 2.18 bits per heavy atom. The zero-order chi connectivity index (χ0) is 23.5. The summed E-state index contributed by atoms with van der Waals surface area (Å²) in [6, 6.07) is 8.06. The van der Waals surface area contributed by atoms with Gasteiger partial charge in [-0.15, -0.1) is 0 Å². The van der Waals surface area contributed by atoms with Crippen LogP contribution in [0.25, 0.3) is 27.6 Å². The van der Waals surface area contributed by atoms with Gasteiger partial charge in [0.2, 0.25) is 0 Å². The molecule has 176 valence electrons. The van der Waals surface area contributed by atoms with E-state index in [1.165, 1.54) is 17.2 Å². The van der Waals surface area contributed by atoms with Crippen LogP contribution >= 0.6 is 0 Å². The van der Waals surface area contributed by atoms with Crippen molar-refractivity contribution in [3.63, 3.8) is 0 Å². The van der Waals surface area contributed by atoms with Crippen molar-refractivity contribution in [2.75, 3.05) is 18.5 Å². The normalized spacial score (nSPS) is 20.0. The lowest BCUT2D eigenvalue weighted by Gasteiger charge is -2.14. The number of rotatable bonds is 7. The first kappa shape index (κ1) is 22.2. The fraction of sp³-hybridized carbons (Fsp3) is 0.360. The number of fused-ring (bicyclic) bond motifs is 2. The number of nitrogens with one attached hydrogen (secondary N) is 2. The molecule has 0 bridgehead atoms. The number of hydrogen-bond acceptors (Lipinski definition) is 6. The lowest BCUT2D eigenvalue weighted by atomic mass is 10.1. The molecule has 8 nitrogen and oxygen atoms in total. The predicted octanol–water partition coefficient (Wildman–Crippen LogP) is 4.45. The van der Waals surface area contributed by atoms with Crippen LogP contribution in [0, 0.1) is 0 Å². The number of anilines is 1. The van der Waals surface area contributed by atoms with Crippen LogP contribution in [0.5, 0.6) is 0 Å². The zero-order valence-electron chi connectivity index (χ0n) is 19.1. The van der Waals surface area contributed by atoms with Gasteiger partial charge in [-0.25, -0.2) is 19.3 Å². The van der Waals surface area contributed by atoms with Crippen LogP contribution in [0.2, 0.25) is 0 Å². The number of aromatic nitrogens is 5. The maximum atomic E-state index is 13.7. The summed E-state index contributed by atoms with van der Waals surface area (Å²) in [5.41, 5.74) is 4.51. The number of halogens is 1. The van der Waals surface area contributed by atoms with Crippen LogP contribution in [0.15, 0.2) is 48.0 Å². The number of aromatic amines is 1. The molecule has 4 heterocycles. The van der Waals surface area contributed by atoms with Crippen LogP contribution < -0.4 is 5.32 Å². The van der Waals surface area contributed by atoms with Gasteiger partial charge in [-0.3, -0.25) is 4.99 Å². The maximum absolute atomic E-state index is 13.7. The van der Waals surface area contributed by atoms with E-state index in [4.69, 9.17) is 9.97 Å². The molecule has 9 heteroatoms. The van der Waals surface area contributed by atoms with Crippen LogP contribution in [0.4, 0.5) is 10.2 Å². The second-order valence-corrected chi connectivity index (χ2v) is 8.65. The topological polar surface area (TPSA) is 104 Å². The number of aliphatic hydroxyl groups excluding tert-OH is 1. The highest BCUT2D eigenvalue weighted by Crippen LogP contribution is 2.27. The minimum atomic E-state index is -1.02. The molecule has 1 aromatic carbocycles. The standard InChI is InChI=1S/C25H28FN7O/c1-16(14-34)33-15-30-22-24(28-10-9-17-12-29-21-8-3-2-7-20(17)21)31-23(32-25(22)33)18-5-4-6-19(26)13-27-11-18/h2-3,7-8,11-13,15-16,19,29,34H,4-6,9-10,14H2,1H3,(H,28,31,32)/b18-11+,27-13-/t16-,19?/m1/s1. The molecular formula is C25H28FN7O. The number of hydrogen-bond donors (Lipinski definition) is 3. The Balaban J connectivity index is 1.47. The lowest BCUT2D eigenvalue weighted by Crippen LogP contribution is -2.12. The molecule has 0 spiro atoms.